The van der Waals surface area contributed by atoms with Gasteiger partial charge in [0.2, 0.25) is 0 Å². The van der Waals surface area contributed by atoms with Crippen molar-refractivity contribution in [3.8, 4) is 0 Å². The van der Waals surface area contributed by atoms with Crippen LogP contribution < -0.4 is 11.1 Å². The maximum atomic E-state index is 9.00. The van der Waals surface area contributed by atoms with E-state index in [0.29, 0.717) is 6.54 Å². The van der Waals surface area contributed by atoms with Crippen LogP contribution in [0, 0.1) is 0 Å². The van der Waals surface area contributed by atoms with E-state index < -0.39 is 14.8 Å². The molecule has 0 aliphatic rings. The van der Waals surface area contributed by atoms with Gasteiger partial charge in [-0.3, -0.25) is 4.79 Å². The molecule has 0 aliphatic carbocycles. The van der Waals surface area contributed by atoms with Gasteiger partial charge in [0.25, 0.3) is 5.97 Å². The fourth-order valence-electron chi connectivity index (χ4n) is 1.45. The van der Waals surface area contributed by atoms with Gasteiger partial charge in [-0.1, -0.05) is 6.92 Å². The van der Waals surface area contributed by atoms with Crippen LogP contribution in [0.1, 0.15) is 20.3 Å². The average molecular weight is 282 g/mol. The molecule has 110 valence electrons. The summed E-state index contributed by atoms with van der Waals surface area (Å²) < 4.78 is 16.1. The summed E-state index contributed by atoms with van der Waals surface area (Å²) >= 11 is 0. The van der Waals surface area contributed by atoms with Gasteiger partial charge in [-0.2, -0.15) is 0 Å². The SMILES string of the molecule is CC(=O)O.CCC(NCCN)[Si](OC)(OC)OC. The largest absolute Gasteiger partial charge is 0.517 e. The minimum atomic E-state index is -2.55. The molecular formula is C10H26N2O5Si. The molecule has 0 aromatic rings. The van der Waals surface area contributed by atoms with Crippen LogP contribution in [0.25, 0.3) is 0 Å². The number of nitrogens with one attached hydrogen (secondary N) is 1. The summed E-state index contributed by atoms with van der Waals surface area (Å²) in [5, 5.41) is 10.7. The van der Waals surface area contributed by atoms with Crippen molar-refractivity contribution in [2.45, 2.75) is 25.9 Å². The van der Waals surface area contributed by atoms with Crippen LogP contribution >= 0.6 is 0 Å². The smallest absolute Gasteiger partial charge is 0.481 e. The molecule has 0 fully saturated rings. The second-order valence-electron chi connectivity index (χ2n) is 3.44. The standard InChI is InChI=1S/C8H22N2O3Si.C2H4O2/c1-5-8(10-7-6-9)14(11-2,12-3)13-4;1-2(3)4/h8,10H,5-7,9H2,1-4H3;1H3,(H,3,4). The lowest BCUT2D eigenvalue weighted by Gasteiger charge is -2.32. The lowest BCUT2D eigenvalue weighted by molar-refractivity contribution is -0.134. The minimum absolute atomic E-state index is 0.103. The van der Waals surface area contributed by atoms with E-state index in [9.17, 15) is 0 Å². The molecule has 0 amide bonds. The predicted molar refractivity (Wildman–Crippen MR) is 71.2 cm³/mol. The maximum absolute atomic E-state index is 9.00. The Morgan fingerprint density at radius 1 is 1.33 bits per heavy atom. The molecule has 0 saturated heterocycles. The van der Waals surface area contributed by atoms with Crippen molar-refractivity contribution in [3.63, 3.8) is 0 Å². The van der Waals surface area contributed by atoms with Crippen LogP contribution in [0.4, 0.5) is 0 Å². The summed E-state index contributed by atoms with van der Waals surface area (Å²) in [5.74, 6) is -0.833. The first-order valence-corrected chi connectivity index (χ1v) is 7.52. The Bertz CT molecular complexity index is 202. The number of carbonyl (C=O) groups is 1. The van der Waals surface area contributed by atoms with Gasteiger partial charge in [-0.15, -0.1) is 0 Å². The van der Waals surface area contributed by atoms with E-state index in [1.54, 1.807) is 21.3 Å². The first kappa shape index (κ1) is 19.8. The fourth-order valence-corrected chi connectivity index (χ4v) is 3.70. The molecule has 0 radical (unpaired) electrons. The van der Waals surface area contributed by atoms with E-state index in [1.165, 1.54) is 0 Å². The minimum Gasteiger partial charge on any atom is -0.481 e. The molecule has 4 N–H and O–H groups in total. The second-order valence-corrected chi connectivity index (χ2v) is 6.57. The van der Waals surface area contributed by atoms with Gasteiger partial charge < -0.3 is 29.4 Å². The molecular weight excluding hydrogens is 256 g/mol. The predicted octanol–water partition coefficient (Wildman–Crippen LogP) is -0.178. The molecule has 0 rings (SSSR count). The maximum Gasteiger partial charge on any atom is 0.517 e. The summed E-state index contributed by atoms with van der Waals surface area (Å²) in [4.78, 5) is 9.00. The second kappa shape index (κ2) is 11.6. The third-order valence-corrected chi connectivity index (χ3v) is 5.40. The summed E-state index contributed by atoms with van der Waals surface area (Å²) in [5.41, 5.74) is 5.53. The van der Waals surface area contributed by atoms with E-state index in [0.717, 1.165) is 19.9 Å². The number of nitrogens with two attached hydrogens (primary N) is 1. The summed E-state index contributed by atoms with van der Waals surface area (Å²) in [6.45, 7) is 4.48. The topological polar surface area (TPSA) is 103 Å². The Morgan fingerprint density at radius 3 is 1.94 bits per heavy atom. The van der Waals surface area contributed by atoms with Gasteiger partial charge >= 0.3 is 8.80 Å². The molecule has 0 aromatic heterocycles. The van der Waals surface area contributed by atoms with Crippen molar-refractivity contribution in [3.05, 3.63) is 0 Å². The van der Waals surface area contributed by atoms with E-state index in [1.807, 2.05) is 0 Å². The first-order chi connectivity index (χ1) is 8.43. The zero-order valence-corrected chi connectivity index (χ0v) is 12.9. The monoisotopic (exact) mass is 282 g/mol. The van der Waals surface area contributed by atoms with Gasteiger partial charge in [-0.25, -0.2) is 0 Å². The number of aliphatic carboxylic acids is 1. The van der Waals surface area contributed by atoms with Crippen molar-refractivity contribution in [1.82, 2.24) is 5.32 Å². The summed E-state index contributed by atoms with van der Waals surface area (Å²) in [6, 6.07) is 0. The van der Waals surface area contributed by atoms with Crippen LogP contribution in [-0.4, -0.2) is 60.0 Å². The molecule has 0 aromatic carbocycles. The zero-order valence-electron chi connectivity index (χ0n) is 11.9. The number of rotatable bonds is 8. The van der Waals surface area contributed by atoms with Crippen LogP contribution in [0.2, 0.25) is 0 Å². The fraction of sp³-hybridized carbons (Fsp3) is 0.900. The Balaban J connectivity index is 0. The van der Waals surface area contributed by atoms with Gasteiger partial charge in [0, 0.05) is 41.3 Å². The molecule has 0 bridgehead atoms. The number of hydrogen-bond acceptors (Lipinski definition) is 6. The first-order valence-electron chi connectivity index (χ1n) is 5.72. The molecule has 7 nitrogen and oxygen atoms in total. The third kappa shape index (κ3) is 7.74. The highest BCUT2D eigenvalue weighted by Crippen LogP contribution is 2.14. The van der Waals surface area contributed by atoms with Crippen molar-refractivity contribution in [1.29, 1.82) is 0 Å². The quantitative estimate of drug-likeness (QED) is 0.531. The van der Waals surface area contributed by atoms with Crippen LogP contribution in [0.15, 0.2) is 0 Å². The molecule has 0 saturated carbocycles. The van der Waals surface area contributed by atoms with Crippen molar-refractivity contribution in [2.75, 3.05) is 34.4 Å². The normalized spacial score (nSPS) is 12.6. The van der Waals surface area contributed by atoms with Gasteiger partial charge in [-0.05, 0) is 6.42 Å². The molecule has 1 atom stereocenters. The molecule has 1 unspecified atom stereocenters. The summed E-state index contributed by atoms with van der Waals surface area (Å²) in [6.07, 6.45) is 0.891. The number of carboxylic acid groups (broad SMARTS) is 1. The van der Waals surface area contributed by atoms with E-state index in [2.05, 4.69) is 12.2 Å². The third-order valence-electron chi connectivity index (χ3n) is 2.22. The van der Waals surface area contributed by atoms with E-state index in [-0.39, 0.29) is 5.67 Å². The van der Waals surface area contributed by atoms with Gasteiger partial charge in [0.05, 0.1) is 5.67 Å². The van der Waals surface area contributed by atoms with Crippen LogP contribution in [0.5, 0.6) is 0 Å². The lowest BCUT2D eigenvalue weighted by Crippen LogP contribution is -2.60. The van der Waals surface area contributed by atoms with Crippen molar-refractivity contribution in [2.24, 2.45) is 5.73 Å². The Morgan fingerprint density at radius 2 is 1.72 bits per heavy atom. The van der Waals surface area contributed by atoms with E-state index >= 15 is 0 Å². The van der Waals surface area contributed by atoms with Crippen LogP contribution in [-0.2, 0) is 18.1 Å². The zero-order chi connectivity index (χ0) is 14.6. The Labute approximate surface area is 110 Å². The van der Waals surface area contributed by atoms with Gasteiger partial charge in [0.1, 0.15) is 0 Å². The molecule has 18 heavy (non-hydrogen) atoms. The van der Waals surface area contributed by atoms with E-state index in [4.69, 9.17) is 28.9 Å². The van der Waals surface area contributed by atoms with Crippen molar-refractivity contribution < 1.29 is 23.2 Å². The average Bonchev–Trinajstić information content (AvgIpc) is 2.34. The van der Waals surface area contributed by atoms with Gasteiger partial charge in [0.15, 0.2) is 0 Å². The molecule has 0 aliphatic heterocycles. The number of hydrogen-bond donors (Lipinski definition) is 3. The molecule has 0 spiro atoms. The Kier molecular flexibility index (Phi) is 12.7. The number of carboxylic acids is 1. The lowest BCUT2D eigenvalue weighted by atomic mass is 10.4. The molecule has 0 heterocycles. The van der Waals surface area contributed by atoms with Crippen LogP contribution in [0.3, 0.4) is 0 Å². The highest BCUT2D eigenvalue weighted by Gasteiger charge is 2.46. The Hall–Kier alpha value is -0.513. The highest BCUT2D eigenvalue weighted by atomic mass is 28.4. The highest BCUT2D eigenvalue weighted by molar-refractivity contribution is 6.62. The van der Waals surface area contributed by atoms with Crippen molar-refractivity contribution >= 4 is 14.8 Å². The summed E-state index contributed by atoms with van der Waals surface area (Å²) in [7, 11) is 2.30. The molecule has 8 heteroatoms.